The van der Waals surface area contributed by atoms with Crippen molar-refractivity contribution in [3.63, 3.8) is 0 Å². The molecule has 1 rings (SSSR count). The molecule has 0 aliphatic carbocycles. The van der Waals surface area contributed by atoms with Gasteiger partial charge >= 0.3 is 5.97 Å². The van der Waals surface area contributed by atoms with E-state index in [1.54, 1.807) is 0 Å². The smallest absolute Gasteiger partial charge is 0.326 e. The van der Waals surface area contributed by atoms with Gasteiger partial charge in [0.25, 0.3) is 0 Å². The standard InChI is InChI=1S/C20H34N10O6S/c21-11(3-4-15(22)31)16(32)30-14(8-37)18(34)29-13(6-10-7-25-9-27-10)17(33)28-12(19(35)36)2-1-5-26-20(23)24/h7,9,11-14,37H,1-6,8,21H2,(H2,22,31)(H,25,27)(H,28,33)(H,29,34)(H,30,32)(H,35,36)(H4,23,24,26). The van der Waals surface area contributed by atoms with Crippen molar-refractivity contribution < 1.29 is 29.1 Å². The molecular formula is C20H34N10O6S. The lowest BCUT2D eigenvalue weighted by Gasteiger charge is -2.24. The molecule has 37 heavy (non-hydrogen) atoms. The van der Waals surface area contributed by atoms with Crippen molar-refractivity contribution in [2.24, 2.45) is 27.9 Å². The molecule has 4 unspecified atom stereocenters. The first kappa shape index (κ1) is 31.2. The fourth-order valence-corrected chi connectivity index (χ4v) is 3.29. The lowest BCUT2D eigenvalue weighted by molar-refractivity contribution is -0.142. The molecular weight excluding hydrogens is 508 g/mol. The number of nitrogens with two attached hydrogens (primary N) is 4. The van der Waals surface area contributed by atoms with Crippen molar-refractivity contribution in [3.05, 3.63) is 18.2 Å². The highest BCUT2D eigenvalue weighted by atomic mass is 32.1. The Morgan fingerprint density at radius 1 is 1.00 bits per heavy atom. The average Bonchev–Trinajstić information content (AvgIpc) is 3.34. The van der Waals surface area contributed by atoms with Gasteiger partial charge in [-0.25, -0.2) is 9.78 Å². The lowest BCUT2D eigenvalue weighted by atomic mass is 10.1. The maximum Gasteiger partial charge on any atom is 0.326 e. The van der Waals surface area contributed by atoms with Crippen LogP contribution in [0.2, 0.25) is 0 Å². The van der Waals surface area contributed by atoms with Gasteiger partial charge in [0.15, 0.2) is 5.96 Å². The number of hydrogen-bond acceptors (Lipinski definition) is 9. The molecule has 0 aromatic carbocycles. The Morgan fingerprint density at radius 2 is 1.62 bits per heavy atom. The van der Waals surface area contributed by atoms with Crippen molar-refractivity contribution in [3.8, 4) is 0 Å². The van der Waals surface area contributed by atoms with Crippen LogP contribution in [-0.2, 0) is 30.4 Å². The summed E-state index contributed by atoms with van der Waals surface area (Å²) in [7, 11) is 0. The van der Waals surface area contributed by atoms with Gasteiger partial charge in [0.1, 0.15) is 18.1 Å². The number of H-pyrrole nitrogens is 1. The molecule has 4 amide bonds. The number of aromatic nitrogens is 2. The first-order valence-corrected chi connectivity index (χ1v) is 11.9. The quantitative estimate of drug-likeness (QED) is 0.0394. The molecule has 0 aliphatic heterocycles. The van der Waals surface area contributed by atoms with E-state index in [0.717, 1.165) is 0 Å². The van der Waals surface area contributed by atoms with E-state index in [4.69, 9.17) is 22.9 Å². The predicted molar refractivity (Wildman–Crippen MR) is 136 cm³/mol. The van der Waals surface area contributed by atoms with Crippen LogP contribution in [0, 0.1) is 0 Å². The number of carboxylic acid groups (broad SMARTS) is 1. The molecule has 206 valence electrons. The number of aliphatic carboxylic acids is 1. The third-order valence-corrected chi connectivity index (χ3v) is 5.39. The van der Waals surface area contributed by atoms with Gasteiger partial charge in [0.05, 0.1) is 12.4 Å². The van der Waals surface area contributed by atoms with Gasteiger partial charge in [-0.3, -0.25) is 24.2 Å². The van der Waals surface area contributed by atoms with Crippen LogP contribution in [0.5, 0.6) is 0 Å². The van der Waals surface area contributed by atoms with Crippen LogP contribution in [0.25, 0.3) is 0 Å². The number of carboxylic acids is 1. The summed E-state index contributed by atoms with van der Waals surface area (Å²) in [5.74, 6) is -4.44. The number of aliphatic imine (C=N–C) groups is 1. The van der Waals surface area contributed by atoms with Crippen molar-refractivity contribution in [2.45, 2.75) is 56.3 Å². The number of thiol groups is 1. The number of primary amides is 1. The summed E-state index contributed by atoms with van der Waals surface area (Å²) in [6.45, 7) is 0.168. The number of rotatable bonds is 17. The SMILES string of the molecule is NC(=O)CCC(N)C(=O)NC(CS)C(=O)NC(Cc1cnc[nH]1)C(=O)NC(CCCN=C(N)N)C(=O)O. The van der Waals surface area contributed by atoms with Crippen molar-refractivity contribution in [1.29, 1.82) is 0 Å². The minimum absolute atomic E-state index is 0.0211. The maximum atomic E-state index is 13.0. The van der Waals surface area contributed by atoms with E-state index in [1.807, 2.05) is 0 Å². The van der Waals surface area contributed by atoms with Crippen LogP contribution < -0.4 is 38.9 Å². The highest BCUT2D eigenvalue weighted by molar-refractivity contribution is 7.80. The molecule has 0 saturated heterocycles. The second-order valence-electron chi connectivity index (χ2n) is 8.05. The lowest BCUT2D eigenvalue weighted by Crippen LogP contribution is -2.58. The first-order valence-electron chi connectivity index (χ1n) is 11.3. The second-order valence-corrected chi connectivity index (χ2v) is 8.41. The molecule has 1 heterocycles. The fraction of sp³-hybridized carbons (Fsp3) is 0.550. The number of amides is 4. The summed E-state index contributed by atoms with van der Waals surface area (Å²) in [5, 5.41) is 16.8. The zero-order valence-electron chi connectivity index (χ0n) is 20.1. The summed E-state index contributed by atoms with van der Waals surface area (Å²) < 4.78 is 0. The summed E-state index contributed by atoms with van der Waals surface area (Å²) in [6, 6.07) is -4.77. The Morgan fingerprint density at radius 3 is 2.16 bits per heavy atom. The van der Waals surface area contributed by atoms with Gasteiger partial charge in [-0.05, 0) is 19.3 Å². The van der Waals surface area contributed by atoms with E-state index in [1.165, 1.54) is 12.5 Å². The van der Waals surface area contributed by atoms with E-state index < -0.39 is 53.8 Å². The monoisotopic (exact) mass is 542 g/mol. The summed E-state index contributed by atoms with van der Waals surface area (Å²) in [6.07, 6.45) is 2.93. The largest absolute Gasteiger partial charge is 0.480 e. The molecule has 0 saturated carbocycles. The number of guanidine groups is 1. The van der Waals surface area contributed by atoms with E-state index in [9.17, 15) is 29.1 Å². The molecule has 13 N–H and O–H groups in total. The number of aromatic amines is 1. The van der Waals surface area contributed by atoms with Gasteiger partial charge in [0, 0.05) is 37.0 Å². The molecule has 0 bridgehead atoms. The highest BCUT2D eigenvalue weighted by Gasteiger charge is 2.30. The fourth-order valence-electron chi connectivity index (χ4n) is 3.03. The van der Waals surface area contributed by atoms with Gasteiger partial charge in [-0.1, -0.05) is 0 Å². The van der Waals surface area contributed by atoms with Crippen LogP contribution in [-0.4, -0.2) is 87.1 Å². The zero-order chi connectivity index (χ0) is 28.0. The Bertz CT molecular complexity index is 953. The summed E-state index contributed by atoms with van der Waals surface area (Å²) in [5.41, 5.74) is 21.8. The minimum atomic E-state index is -1.28. The van der Waals surface area contributed by atoms with Gasteiger partial charge in [-0.2, -0.15) is 12.6 Å². The van der Waals surface area contributed by atoms with E-state index in [-0.39, 0.29) is 50.4 Å². The number of carbonyl (C=O) groups excluding carboxylic acids is 4. The van der Waals surface area contributed by atoms with Crippen LogP contribution >= 0.6 is 12.6 Å². The molecule has 0 radical (unpaired) electrons. The third-order valence-electron chi connectivity index (χ3n) is 5.03. The van der Waals surface area contributed by atoms with Crippen LogP contribution in [0.4, 0.5) is 0 Å². The van der Waals surface area contributed by atoms with Gasteiger partial charge < -0.3 is 49.0 Å². The summed E-state index contributed by atoms with van der Waals surface area (Å²) >= 11 is 4.08. The predicted octanol–water partition coefficient (Wildman–Crippen LogP) is -3.93. The number of nitrogens with zero attached hydrogens (tertiary/aromatic N) is 2. The maximum absolute atomic E-state index is 13.0. The molecule has 1 aromatic rings. The number of carbonyl (C=O) groups is 5. The number of nitrogens with one attached hydrogen (secondary N) is 4. The number of hydrogen-bond donors (Lipinski definition) is 10. The molecule has 0 spiro atoms. The number of imidazole rings is 1. The van der Waals surface area contributed by atoms with Crippen molar-refractivity contribution >= 4 is 48.2 Å². The topological polar surface area (TPSA) is 287 Å². The molecule has 17 heteroatoms. The Kier molecular flexibility index (Phi) is 13.5. The molecule has 4 atom stereocenters. The normalized spacial score (nSPS) is 13.9. The van der Waals surface area contributed by atoms with E-state index in [2.05, 4.69) is 43.5 Å². The van der Waals surface area contributed by atoms with E-state index in [0.29, 0.717) is 5.69 Å². The zero-order valence-corrected chi connectivity index (χ0v) is 20.9. The third kappa shape index (κ3) is 12.1. The molecule has 0 aliphatic rings. The van der Waals surface area contributed by atoms with Crippen LogP contribution in [0.1, 0.15) is 31.4 Å². The highest BCUT2D eigenvalue weighted by Crippen LogP contribution is 2.05. The Labute approximate surface area is 218 Å². The molecule has 0 fully saturated rings. The summed E-state index contributed by atoms with van der Waals surface area (Å²) in [4.78, 5) is 71.2. The van der Waals surface area contributed by atoms with Gasteiger partial charge in [0.2, 0.25) is 23.6 Å². The van der Waals surface area contributed by atoms with Crippen molar-refractivity contribution in [1.82, 2.24) is 25.9 Å². The van der Waals surface area contributed by atoms with Crippen molar-refractivity contribution in [2.75, 3.05) is 12.3 Å². The van der Waals surface area contributed by atoms with Crippen LogP contribution in [0.3, 0.4) is 0 Å². The Hall–Kier alpha value is -3.86. The molecule has 1 aromatic heterocycles. The average molecular weight is 543 g/mol. The van der Waals surface area contributed by atoms with E-state index >= 15 is 0 Å². The van der Waals surface area contributed by atoms with Gasteiger partial charge in [-0.15, -0.1) is 0 Å². The molecule has 16 nitrogen and oxygen atoms in total. The minimum Gasteiger partial charge on any atom is -0.480 e. The van der Waals surface area contributed by atoms with Crippen LogP contribution in [0.15, 0.2) is 17.5 Å². The second kappa shape index (κ2) is 16.0. The Balaban J connectivity index is 2.91. The first-order chi connectivity index (χ1) is 17.4.